The molecule has 0 aromatic carbocycles. The largest absolute Gasteiger partial charge is 0.459 e. The molecule has 1 aliphatic heterocycles. The van der Waals surface area contributed by atoms with Crippen molar-refractivity contribution in [2.75, 3.05) is 26.3 Å². The Morgan fingerprint density at radius 3 is 1.50 bits per heavy atom. The quantitative estimate of drug-likeness (QED) is 0.604. The molecule has 10 heteroatoms. The van der Waals surface area contributed by atoms with Gasteiger partial charge in [0.15, 0.2) is 0 Å². The van der Waals surface area contributed by atoms with Crippen molar-refractivity contribution in [3.8, 4) is 0 Å². The Balaban J connectivity index is 1.78. The van der Waals surface area contributed by atoms with Gasteiger partial charge < -0.3 is 20.1 Å². The number of carbonyl (C=O) groups excluding carboxylic acids is 4. The van der Waals surface area contributed by atoms with Crippen molar-refractivity contribution >= 4 is 23.8 Å². The number of hydrogen-bond acceptors (Lipinski definition) is 8. The normalized spacial score (nSPS) is 16.0. The second-order valence-corrected chi connectivity index (χ2v) is 5.60. The topological polar surface area (TPSA) is 137 Å². The number of ether oxygens (including phenoxy) is 2. The standard InChI is InChI=1S/C18H16N4O6/c23-15-11-3-1-4-12(21-11)16(24)20-8-10-28-18(26)14-6-2-5-13(22-14)17(25)27-9-7-19-15/h1-6H,7-10H2,(H,19,23)(H,20,24). The predicted molar refractivity (Wildman–Crippen MR) is 93.7 cm³/mol. The fraction of sp³-hybridized carbons (Fsp3) is 0.222. The molecule has 0 spiro atoms. The number of rotatable bonds is 0. The number of nitrogens with zero attached hydrogens (tertiary/aromatic N) is 2. The highest BCUT2D eigenvalue weighted by molar-refractivity contribution is 5.96. The second kappa shape index (κ2) is 8.71. The Bertz CT molecular complexity index is 788. The van der Waals surface area contributed by atoms with E-state index in [1.54, 1.807) is 0 Å². The van der Waals surface area contributed by atoms with Crippen molar-refractivity contribution in [3.63, 3.8) is 0 Å². The summed E-state index contributed by atoms with van der Waals surface area (Å²) in [6.45, 7) is -0.156. The van der Waals surface area contributed by atoms with Crippen molar-refractivity contribution < 1.29 is 28.7 Å². The summed E-state index contributed by atoms with van der Waals surface area (Å²) in [5.74, 6) is -2.50. The highest BCUT2D eigenvalue weighted by Crippen LogP contribution is 2.04. The van der Waals surface area contributed by atoms with Crippen LogP contribution in [0.1, 0.15) is 42.0 Å². The first-order valence-corrected chi connectivity index (χ1v) is 8.39. The van der Waals surface area contributed by atoms with Crippen molar-refractivity contribution in [3.05, 3.63) is 59.2 Å². The van der Waals surface area contributed by atoms with Gasteiger partial charge >= 0.3 is 11.9 Å². The number of esters is 2. The van der Waals surface area contributed by atoms with E-state index in [1.165, 1.54) is 36.4 Å². The van der Waals surface area contributed by atoms with Gasteiger partial charge in [0.05, 0.1) is 13.1 Å². The zero-order valence-corrected chi connectivity index (χ0v) is 14.6. The summed E-state index contributed by atoms with van der Waals surface area (Å²) in [7, 11) is 0. The number of pyridine rings is 2. The zero-order valence-electron chi connectivity index (χ0n) is 14.6. The third-order valence-electron chi connectivity index (χ3n) is 3.62. The van der Waals surface area contributed by atoms with Crippen molar-refractivity contribution in [1.29, 1.82) is 0 Å². The van der Waals surface area contributed by atoms with Crippen LogP contribution in [0.5, 0.6) is 0 Å². The molecule has 2 N–H and O–H groups in total. The van der Waals surface area contributed by atoms with E-state index >= 15 is 0 Å². The van der Waals surface area contributed by atoms with Crippen molar-refractivity contribution in [1.82, 2.24) is 20.6 Å². The SMILES string of the molecule is O=C1NCCOC(=O)c2cccc(n2)C(=O)OCCNC(=O)c2cccc1n2. The summed E-state index contributed by atoms with van der Waals surface area (Å²) in [6.07, 6.45) is 0. The van der Waals surface area contributed by atoms with Gasteiger partial charge in [-0.2, -0.15) is 0 Å². The average Bonchev–Trinajstić information content (AvgIpc) is 2.73. The van der Waals surface area contributed by atoms with Crippen LogP contribution in [0.25, 0.3) is 0 Å². The van der Waals surface area contributed by atoms with Crippen LogP contribution in [0.4, 0.5) is 0 Å². The third kappa shape index (κ3) is 4.67. The molecule has 3 heterocycles. The Hall–Kier alpha value is -3.82. The minimum Gasteiger partial charge on any atom is -0.459 e. The van der Waals surface area contributed by atoms with Gasteiger partial charge in [-0.3, -0.25) is 9.59 Å². The van der Waals surface area contributed by atoms with Crippen molar-refractivity contribution in [2.45, 2.75) is 0 Å². The number of hydrogen-bond donors (Lipinski definition) is 2. The van der Waals surface area contributed by atoms with Crippen LogP contribution < -0.4 is 10.6 Å². The fourth-order valence-electron chi connectivity index (χ4n) is 2.30. The number of carbonyl (C=O) groups is 4. The first-order chi connectivity index (χ1) is 13.5. The molecule has 0 aliphatic carbocycles. The molecule has 0 atom stereocenters. The van der Waals surface area contributed by atoms with Crippen LogP contribution in [0.15, 0.2) is 36.4 Å². The molecule has 10 nitrogen and oxygen atoms in total. The maximum absolute atomic E-state index is 12.1. The van der Waals surface area contributed by atoms with Crippen LogP contribution in [0, 0.1) is 0 Å². The van der Waals surface area contributed by atoms with Gasteiger partial charge in [-0.05, 0) is 24.3 Å². The van der Waals surface area contributed by atoms with Gasteiger partial charge in [-0.25, -0.2) is 19.6 Å². The van der Waals surface area contributed by atoms with Crippen LogP contribution in [-0.4, -0.2) is 60.0 Å². The van der Waals surface area contributed by atoms with Crippen LogP contribution >= 0.6 is 0 Å². The van der Waals surface area contributed by atoms with Crippen molar-refractivity contribution in [2.24, 2.45) is 0 Å². The molecule has 0 saturated heterocycles. The zero-order chi connectivity index (χ0) is 19.9. The fourth-order valence-corrected chi connectivity index (χ4v) is 2.30. The molecule has 0 saturated carbocycles. The van der Waals surface area contributed by atoms with E-state index in [-0.39, 0.29) is 49.1 Å². The smallest absolute Gasteiger partial charge is 0.357 e. The molecular weight excluding hydrogens is 368 g/mol. The molecule has 0 radical (unpaired) electrons. The number of fused-ring (bicyclic) bond motifs is 4. The summed E-state index contributed by atoms with van der Waals surface area (Å²) >= 11 is 0. The minimum atomic E-state index is -0.739. The molecule has 0 fully saturated rings. The molecule has 0 unspecified atom stereocenters. The average molecular weight is 384 g/mol. The molecule has 2 aromatic heterocycles. The second-order valence-electron chi connectivity index (χ2n) is 5.60. The first-order valence-electron chi connectivity index (χ1n) is 8.39. The van der Waals surface area contributed by atoms with E-state index in [2.05, 4.69) is 20.6 Å². The Kier molecular flexibility index (Phi) is 5.90. The van der Waals surface area contributed by atoms with E-state index in [0.717, 1.165) is 0 Å². The minimum absolute atomic E-state index is 0.0322. The van der Waals surface area contributed by atoms with Gasteiger partial charge in [-0.15, -0.1) is 0 Å². The third-order valence-corrected chi connectivity index (χ3v) is 3.62. The van der Waals surface area contributed by atoms with Gasteiger partial charge in [0.25, 0.3) is 11.8 Å². The number of aromatic nitrogens is 2. The van der Waals surface area contributed by atoms with E-state index in [9.17, 15) is 19.2 Å². The number of cyclic esters (lactones) is 2. The lowest BCUT2D eigenvalue weighted by Crippen LogP contribution is -2.31. The number of amides is 2. The summed E-state index contributed by atoms with van der Waals surface area (Å²) in [4.78, 5) is 56.2. The molecule has 2 aromatic rings. The lowest BCUT2D eigenvalue weighted by Gasteiger charge is -2.10. The molecule has 1 aliphatic rings. The summed E-state index contributed by atoms with van der Waals surface area (Å²) in [6, 6.07) is 8.69. The molecule has 4 bridgehead atoms. The Morgan fingerprint density at radius 2 is 1.04 bits per heavy atom. The van der Waals surface area contributed by atoms with E-state index in [1.807, 2.05) is 0 Å². The molecule has 144 valence electrons. The summed E-state index contributed by atoms with van der Waals surface area (Å²) in [5, 5.41) is 5.08. The van der Waals surface area contributed by atoms with Gasteiger partial charge in [0.2, 0.25) is 0 Å². The highest BCUT2D eigenvalue weighted by atomic mass is 16.5. The van der Waals surface area contributed by atoms with Gasteiger partial charge in [0.1, 0.15) is 36.0 Å². The Labute approximate surface area is 159 Å². The van der Waals surface area contributed by atoms with Gasteiger partial charge in [0, 0.05) is 0 Å². The first kappa shape index (κ1) is 19.0. The summed E-state index contributed by atoms with van der Waals surface area (Å²) < 4.78 is 10.1. The number of nitrogens with one attached hydrogen (secondary N) is 2. The molecule has 28 heavy (non-hydrogen) atoms. The molecular formula is C18H16N4O6. The van der Waals surface area contributed by atoms with Gasteiger partial charge in [-0.1, -0.05) is 12.1 Å². The van der Waals surface area contributed by atoms with Crippen LogP contribution in [0.3, 0.4) is 0 Å². The highest BCUT2D eigenvalue weighted by Gasteiger charge is 2.16. The van der Waals surface area contributed by atoms with E-state index in [0.29, 0.717) is 0 Å². The lowest BCUT2D eigenvalue weighted by molar-refractivity contribution is 0.0485. The van der Waals surface area contributed by atoms with E-state index in [4.69, 9.17) is 9.47 Å². The molecule has 3 rings (SSSR count). The maximum atomic E-state index is 12.1. The Morgan fingerprint density at radius 1 is 0.643 bits per heavy atom. The molecule has 2 amide bonds. The van der Waals surface area contributed by atoms with Crippen LogP contribution in [0.2, 0.25) is 0 Å². The monoisotopic (exact) mass is 384 g/mol. The predicted octanol–water partition coefficient (Wildman–Crippen LogP) is -0.0364. The van der Waals surface area contributed by atoms with E-state index < -0.39 is 23.8 Å². The maximum Gasteiger partial charge on any atom is 0.357 e. The lowest BCUT2D eigenvalue weighted by atomic mass is 10.2. The summed E-state index contributed by atoms with van der Waals surface area (Å²) in [5.41, 5.74) is -0.0455. The van der Waals surface area contributed by atoms with Crippen LogP contribution in [-0.2, 0) is 9.47 Å².